The number of aryl methyl sites for hydroxylation is 2. The number of hydrogen-bond donors (Lipinski definition) is 2. The van der Waals surface area contributed by atoms with Crippen molar-refractivity contribution in [2.24, 2.45) is 5.73 Å². The molecule has 1 aliphatic heterocycles. The van der Waals surface area contributed by atoms with Gasteiger partial charge in [0.2, 0.25) is 0 Å². The highest BCUT2D eigenvalue weighted by atomic mass is 15.0. The molecule has 0 aromatic heterocycles. The topological polar surface area (TPSA) is 38.0 Å². The van der Waals surface area contributed by atoms with Gasteiger partial charge in [-0.15, -0.1) is 0 Å². The van der Waals surface area contributed by atoms with Crippen LogP contribution in [0.1, 0.15) is 29.5 Å². The van der Waals surface area contributed by atoms with Crippen LogP contribution in [-0.2, 0) is 6.42 Å². The Bertz CT molecular complexity index is 327. The average Bonchev–Trinajstić information content (AvgIpc) is 2.66. The molecule has 15 heavy (non-hydrogen) atoms. The van der Waals surface area contributed by atoms with E-state index in [1.165, 1.54) is 35.2 Å². The van der Waals surface area contributed by atoms with Crippen molar-refractivity contribution in [3.05, 3.63) is 28.8 Å². The summed E-state index contributed by atoms with van der Waals surface area (Å²) in [5.41, 5.74) is 11.2. The number of rotatable bonds is 3. The Morgan fingerprint density at radius 3 is 2.73 bits per heavy atom. The fraction of sp³-hybridized carbons (Fsp3) is 0.538. The van der Waals surface area contributed by atoms with E-state index in [9.17, 15) is 0 Å². The maximum atomic E-state index is 5.54. The fourth-order valence-corrected chi connectivity index (χ4v) is 2.37. The van der Waals surface area contributed by atoms with Crippen molar-refractivity contribution in [2.75, 3.05) is 11.9 Å². The van der Waals surface area contributed by atoms with Gasteiger partial charge in [0.15, 0.2) is 0 Å². The molecule has 0 radical (unpaired) electrons. The molecule has 0 aliphatic carbocycles. The average molecular weight is 204 g/mol. The summed E-state index contributed by atoms with van der Waals surface area (Å²) in [6.07, 6.45) is 3.47. The van der Waals surface area contributed by atoms with E-state index in [0.717, 1.165) is 13.0 Å². The summed E-state index contributed by atoms with van der Waals surface area (Å²) in [5, 5.41) is 3.62. The molecule has 82 valence electrons. The van der Waals surface area contributed by atoms with Crippen molar-refractivity contribution in [1.29, 1.82) is 0 Å². The molecule has 0 spiro atoms. The van der Waals surface area contributed by atoms with Gasteiger partial charge in [0.25, 0.3) is 0 Å². The number of nitrogens with one attached hydrogen (secondary N) is 1. The highest BCUT2D eigenvalue weighted by Gasteiger charge is 2.22. The van der Waals surface area contributed by atoms with Gasteiger partial charge in [0, 0.05) is 11.7 Å². The molecule has 0 fully saturated rings. The molecule has 3 N–H and O–H groups in total. The highest BCUT2D eigenvalue weighted by Crippen LogP contribution is 2.32. The van der Waals surface area contributed by atoms with Crippen LogP contribution in [0.4, 0.5) is 5.69 Å². The predicted octanol–water partition coefficient (Wildman–Crippen LogP) is 2.38. The van der Waals surface area contributed by atoms with E-state index in [-0.39, 0.29) is 0 Å². The van der Waals surface area contributed by atoms with Gasteiger partial charge in [-0.3, -0.25) is 0 Å². The maximum absolute atomic E-state index is 5.54. The molecule has 0 amide bonds. The lowest BCUT2D eigenvalue weighted by atomic mass is 10.00. The summed E-state index contributed by atoms with van der Waals surface area (Å²) in [7, 11) is 0. The highest BCUT2D eigenvalue weighted by molar-refractivity contribution is 5.64. The van der Waals surface area contributed by atoms with Crippen LogP contribution in [0.2, 0.25) is 0 Å². The largest absolute Gasteiger partial charge is 0.382 e. The number of anilines is 1. The van der Waals surface area contributed by atoms with E-state index in [1.807, 2.05) is 0 Å². The standard InChI is InChI=1S/C13H20N2/c1-9-5-6-10(2)13-12(9)8-11(15-13)4-3-7-14/h5-6,11,15H,3-4,7-8,14H2,1-2H3. The summed E-state index contributed by atoms with van der Waals surface area (Å²) in [4.78, 5) is 0. The van der Waals surface area contributed by atoms with Crippen molar-refractivity contribution in [2.45, 2.75) is 39.2 Å². The van der Waals surface area contributed by atoms with Crippen molar-refractivity contribution in [3.8, 4) is 0 Å². The molecule has 0 bridgehead atoms. The van der Waals surface area contributed by atoms with E-state index in [0.29, 0.717) is 6.04 Å². The Morgan fingerprint density at radius 1 is 1.33 bits per heavy atom. The summed E-state index contributed by atoms with van der Waals surface area (Å²) < 4.78 is 0. The fourth-order valence-electron chi connectivity index (χ4n) is 2.37. The van der Waals surface area contributed by atoms with E-state index < -0.39 is 0 Å². The van der Waals surface area contributed by atoms with Crippen molar-refractivity contribution in [3.63, 3.8) is 0 Å². The molecule has 2 heteroatoms. The van der Waals surface area contributed by atoms with Gasteiger partial charge in [-0.2, -0.15) is 0 Å². The van der Waals surface area contributed by atoms with Crippen LogP contribution in [0.3, 0.4) is 0 Å². The zero-order valence-corrected chi connectivity index (χ0v) is 9.64. The van der Waals surface area contributed by atoms with E-state index in [4.69, 9.17) is 5.73 Å². The van der Waals surface area contributed by atoms with Gasteiger partial charge in [-0.05, 0) is 56.3 Å². The Morgan fingerprint density at radius 2 is 2.07 bits per heavy atom. The van der Waals surface area contributed by atoms with Crippen LogP contribution >= 0.6 is 0 Å². The zero-order chi connectivity index (χ0) is 10.8. The Balaban J connectivity index is 2.15. The molecule has 1 aromatic rings. The van der Waals surface area contributed by atoms with Crippen molar-refractivity contribution in [1.82, 2.24) is 0 Å². The molecule has 1 unspecified atom stereocenters. The van der Waals surface area contributed by atoms with Crippen LogP contribution < -0.4 is 11.1 Å². The van der Waals surface area contributed by atoms with Crippen LogP contribution in [0.15, 0.2) is 12.1 Å². The smallest absolute Gasteiger partial charge is 0.0408 e. The molecule has 1 aromatic carbocycles. The summed E-state index contributed by atoms with van der Waals surface area (Å²) >= 11 is 0. The Hall–Kier alpha value is -1.02. The second-order valence-electron chi connectivity index (χ2n) is 4.53. The summed E-state index contributed by atoms with van der Waals surface area (Å²) in [6, 6.07) is 5.02. The second-order valence-corrected chi connectivity index (χ2v) is 4.53. The van der Waals surface area contributed by atoms with Crippen LogP contribution in [0.25, 0.3) is 0 Å². The number of fused-ring (bicyclic) bond motifs is 1. The van der Waals surface area contributed by atoms with Crippen LogP contribution in [-0.4, -0.2) is 12.6 Å². The molecule has 2 nitrogen and oxygen atoms in total. The normalized spacial score (nSPS) is 18.7. The lowest BCUT2D eigenvalue weighted by Crippen LogP contribution is -2.17. The van der Waals surface area contributed by atoms with Gasteiger partial charge in [0.1, 0.15) is 0 Å². The van der Waals surface area contributed by atoms with E-state index in [1.54, 1.807) is 0 Å². The predicted molar refractivity (Wildman–Crippen MR) is 65.3 cm³/mol. The molecule has 0 saturated carbocycles. The zero-order valence-electron chi connectivity index (χ0n) is 9.64. The molecule has 1 aliphatic rings. The number of hydrogen-bond acceptors (Lipinski definition) is 2. The van der Waals surface area contributed by atoms with Gasteiger partial charge >= 0.3 is 0 Å². The molecular formula is C13H20N2. The van der Waals surface area contributed by atoms with E-state index >= 15 is 0 Å². The number of benzene rings is 1. The SMILES string of the molecule is Cc1ccc(C)c2c1CC(CCCN)N2. The van der Waals surface area contributed by atoms with Crippen LogP contribution in [0.5, 0.6) is 0 Å². The lowest BCUT2D eigenvalue weighted by Gasteiger charge is -2.10. The molecule has 2 rings (SSSR count). The first-order valence-electron chi connectivity index (χ1n) is 5.78. The molecule has 1 heterocycles. The minimum absolute atomic E-state index is 0.600. The first kappa shape index (κ1) is 10.5. The van der Waals surface area contributed by atoms with Gasteiger partial charge < -0.3 is 11.1 Å². The minimum atomic E-state index is 0.600. The summed E-state index contributed by atoms with van der Waals surface area (Å²) in [6.45, 7) is 5.17. The van der Waals surface area contributed by atoms with Gasteiger partial charge in [0.05, 0.1) is 0 Å². The maximum Gasteiger partial charge on any atom is 0.0408 e. The third kappa shape index (κ3) is 2.00. The molecule has 0 saturated heterocycles. The minimum Gasteiger partial charge on any atom is -0.382 e. The Kier molecular flexibility index (Phi) is 2.96. The van der Waals surface area contributed by atoms with Gasteiger partial charge in [-0.1, -0.05) is 12.1 Å². The molecular weight excluding hydrogens is 184 g/mol. The first-order chi connectivity index (χ1) is 7.22. The Labute approximate surface area is 91.9 Å². The van der Waals surface area contributed by atoms with Crippen molar-refractivity contribution >= 4 is 5.69 Å². The monoisotopic (exact) mass is 204 g/mol. The second kappa shape index (κ2) is 4.23. The van der Waals surface area contributed by atoms with Crippen LogP contribution in [0, 0.1) is 13.8 Å². The number of nitrogens with two attached hydrogens (primary N) is 1. The third-order valence-corrected chi connectivity index (χ3v) is 3.31. The molecule has 1 atom stereocenters. The first-order valence-corrected chi connectivity index (χ1v) is 5.78. The van der Waals surface area contributed by atoms with Crippen molar-refractivity contribution < 1.29 is 0 Å². The quantitative estimate of drug-likeness (QED) is 0.793. The van der Waals surface area contributed by atoms with Gasteiger partial charge in [-0.25, -0.2) is 0 Å². The third-order valence-electron chi connectivity index (χ3n) is 3.31. The summed E-state index contributed by atoms with van der Waals surface area (Å²) in [5.74, 6) is 0. The van der Waals surface area contributed by atoms with E-state index in [2.05, 4.69) is 31.3 Å². The lowest BCUT2D eigenvalue weighted by molar-refractivity contribution is 0.638.